The minimum absolute atomic E-state index is 0.230. The highest BCUT2D eigenvalue weighted by atomic mass is 32.1. The SMILES string of the molecule is C#CCNC(=O)NCc1cccs1. The van der Waals surface area contributed by atoms with Crippen molar-refractivity contribution in [2.45, 2.75) is 6.54 Å². The fourth-order valence-corrected chi connectivity index (χ4v) is 1.42. The molecule has 13 heavy (non-hydrogen) atoms. The van der Waals surface area contributed by atoms with E-state index in [9.17, 15) is 4.79 Å². The molecule has 0 bridgehead atoms. The Morgan fingerprint density at radius 1 is 1.62 bits per heavy atom. The van der Waals surface area contributed by atoms with Gasteiger partial charge in [0.15, 0.2) is 0 Å². The van der Waals surface area contributed by atoms with Crippen LogP contribution >= 0.6 is 11.3 Å². The van der Waals surface area contributed by atoms with Gasteiger partial charge in [0.1, 0.15) is 0 Å². The van der Waals surface area contributed by atoms with E-state index in [2.05, 4.69) is 16.6 Å². The molecule has 1 aromatic rings. The summed E-state index contributed by atoms with van der Waals surface area (Å²) in [5.74, 6) is 2.32. The summed E-state index contributed by atoms with van der Waals surface area (Å²) < 4.78 is 0. The summed E-state index contributed by atoms with van der Waals surface area (Å²) >= 11 is 1.61. The van der Waals surface area contributed by atoms with Gasteiger partial charge in [-0.3, -0.25) is 0 Å². The summed E-state index contributed by atoms with van der Waals surface area (Å²) in [7, 11) is 0. The maximum absolute atomic E-state index is 11.0. The van der Waals surface area contributed by atoms with Crippen molar-refractivity contribution in [1.82, 2.24) is 10.6 Å². The first kappa shape index (κ1) is 9.62. The highest BCUT2D eigenvalue weighted by molar-refractivity contribution is 7.09. The summed E-state index contributed by atoms with van der Waals surface area (Å²) in [5, 5.41) is 7.17. The van der Waals surface area contributed by atoms with Crippen LogP contribution in [0.5, 0.6) is 0 Å². The van der Waals surface area contributed by atoms with Crippen LogP contribution < -0.4 is 10.6 Å². The molecule has 1 rings (SSSR count). The molecule has 0 saturated carbocycles. The van der Waals surface area contributed by atoms with Crippen molar-refractivity contribution in [2.24, 2.45) is 0 Å². The van der Waals surface area contributed by atoms with Crippen LogP contribution in [0.4, 0.5) is 4.79 Å². The van der Waals surface area contributed by atoms with Crippen LogP contribution in [0.1, 0.15) is 4.88 Å². The summed E-state index contributed by atoms with van der Waals surface area (Å²) in [4.78, 5) is 12.1. The van der Waals surface area contributed by atoms with Crippen LogP contribution in [-0.2, 0) is 6.54 Å². The summed E-state index contributed by atoms with van der Waals surface area (Å²) in [6.07, 6.45) is 4.98. The number of hydrogen-bond donors (Lipinski definition) is 2. The Labute approximate surface area is 81.2 Å². The molecule has 68 valence electrons. The third kappa shape index (κ3) is 3.63. The minimum atomic E-state index is -0.230. The van der Waals surface area contributed by atoms with Crippen molar-refractivity contribution in [3.8, 4) is 12.3 Å². The molecule has 0 aromatic carbocycles. The minimum Gasteiger partial charge on any atom is -0.333 e. The molecule has 1 aromatic heterocycles. The van der Waals surface area contributed by atoms with Crippen LogP contribution in [0.3, 0.4) is 0 Å². The summed E-state index contributed by atoms with van der Waals surface area (Å²) in [5.41, 5.74) is 0. The molecule has 0 radical (unpaired) electrons. The van der Waals surface area contributed by atoms with Gasteiger partial charge >= 0.3 is 6.03 Å². The van der Waals surface area contributed by atoms with E-state index in [0.29, 0.717) is 6.54 Å². The van der Waals surface area contributed by atoms with Crippen molar-refractivity contribution < 1.29 is 4.79 Å². The van der Waals surface area contributed by atoms with Gasteiger partial charge in [-0.2, -0.15) is 0 Å². The van der Waals surface area contributed by atoms with E-state index < -0.39 is 0 Å². The van der Waals surface area contributed by atoms with Gasteiger partial charge in [0, 0.05) is 4.88 Å². The fourth-order valence-electron chi connectivity index (χ4n) is 0.774. The number of nitrogens with one attached hydrogen (secondary N) is 2. The average Bonchev–Trinajstić information content (AvgIpc) is 2.64. The third-order valence-electron chi connectivity index (χ3n) is 1.35. The molecule has 0 aliphatic heterocycles. The molecule has 0 aliphatic rings. The Morgan fingerprint density at radius 3 is 3.08 bits per heavy atom. The Balaban J connectivity index is 2.20. The van der Waals surface area contributed by atoms with Crippen molar-refractivity contribution in [1.29, 1.82) is 0 Å². The van der Waals surface area contributed by atoms with Crippen molar-refractivity contribution in [3.05, 3.63) is 22.4 Å². The fraction of sp³-hybridized carbons (Fsp3) is 0.222. The molecule has 0 unspecified atom stereocenters. The Bertz CT molecular complexity index is 300. The molecule has 0 aliphatic carbocycles. The Kier molecular flexibility index (Phi) is 3.86. The Morgan fingerprint density at radius 2 is 2.46 bits per heavy atom. The van der Waals surface area contributed by atoms with Gasteiger partial charge in [0.25, 0.3) is 0 Å². The van der Waals surface area contributed by atoms with Gasteiger partial charge in [-0.05, 0) is 11.4 Å². The van der Waals surface area contributed by atoms with Crippen molar-refractivity contribution in [2.75, 3.05) is 6.54 Å². The van der Waals surface area contributed by atoms with Gasteiger partial charge in [-0.25, -0.2) is 4.79 Å². The van der Waals surface area contributed by atoms with Crippen LogP contribution in [0.15, 0.2) is 17.5 Å². The molecule has 0 atom stereocenters. The smallest absolute Gasteiger partial charge is 0.315 e. The van der Waals surface area contributed by atoms with E-state index in [1.807, 2.05) is 17.5 Å². The second-order valence-electron chi connectivity index (χ2n) is 2.32. The number of terminal acetylenes is 1. The summed E-state index contributed by atoms with van der Waals surface area (Å²) in [6, 6.07) is 3.68. The van der Waals surface area contributed by atoms with Gasteiger partial charge in [0.2, 0.25) is 0 Å². The quantitative estimate of drug-likeness (QED) is 0.697. The van der Waals surface area contributed by atoms with Crippen LogP contribution in [0.25, 0.3) is 0 Å². The lowest BCUT2D eigenvalue weighted by atomic mass is 10.5. The normalized spacial score (nSPS) is 8.85. The second kappa shape index (κ2) is 5.22. The predicted octanol–water partition coefficient (Wildman–Crippen LogP) is 1.18. The first-order valence-corrected chi connectivity index (χ1v) is 4.68. The van der Waals surface area contributed by atoms with E-state index in [4.69, 9.17) is 6.42 Å². The lowest BCUT2D eigenvalue weighted by Crippen LogP contribution is -2.34. The molecule has 3 nitrogen and oxygen atoms in total. The largest absolute Gasteiger partial charge is 0.333 e. The zero-order valence-electron chi connectivity index (χ0n) is 7.04. The van der Waals surface area contributed by atoms with E-state index in [0.717, 1.165) is 4.88 Å². The predicted molar refractivity (Wildman–Crippen MR) is 53.4 cm³/mol. The number of hydrogen-bond acceptors (Lipinski definition) is 2. The van der Waals surface area contributed by atoms with Crippen LogP contribution in [-0.4, -0.2) is 12.6 Å². The molecule has 1 heterocycles. The monoisotopic (exact) mass is 194 g/mol. The molecule has 2 amide bonds. The van der Waals surface area contributed by atoms with Gasteiger partial charge in [-0.1, -0.05) is 12.0 Å². The first-order chi connectivity index (χ1) is 6.33. The number of carbonyl (C=O) groups excluding carboxylic acids is 1. The van der Waals surface area contributed by atoms with E-state index in [1.54, 1.807) is 11.3 Å². The molecule has 0 fully saturated rings. The topological polar surface area (TPSA) is 41.1 Å². The van der Waals surface area contributed by atoms with E-state index in [-0.39, 0.29) is 12.6 Å². The zero-order chi connectivity index (χ0) is 9.52. The highest BCUT2D eigenvalue weighted by Gasteiger charge is 1.98. The van der Waals surface area contributed by atoms with Crippen molar-refractivity contribution in [3.63, 3.8) is 0 Å². The zero-order valence-corrected chi connectivity index (χ0v) is 7.86. The Hall–Kier alpha value is -1.47. The van der Waals surface area contributed by atoms with E-state index >= 15 is 0 Å². The third-order valence-corrected chi connectivity index (χ3v) is 2.23. The molecule has 0 saturated heterocycles. The molecule has 2 N–H and O–H groups in total. The first-order valence-electron chi connectivity index (χ1n) is 3.80. The maximum Gasteiger partial charge on any atom is 0.315 e. The second-order valence-corrected chi connectivity index (χ2v) is 3.35. The number of thiophene rings is 1. The van der Waals surface area contributed by atoms with Gasteiger partial charge in [0.05, 0.1) is 13.1 Å². The molecule has 4 heteroatoms. The van der Waals surface area contributed by atoms with E-state index in [1.165, 1.54) is 0 Å². The number of amides is 2. The average molecular weight is 194 g/mol. The van der Waals surface area contributed by atoms with Crippen LogP contribution in [0.2, 0.25) is 0 Å². The van der Waals surface area contributed by atoms with Crippen molar-refractivity contribution >= 4 is 17.4 Å². The standard InChI is InChI=1S/C9H10N2OS/c1-2-5-10-9(12)11-7-8-4-3-6-13-8/h1,3-4,6H,5,7H2,(H2,10,11,12). The molecule has 0 spiro atoms. The number of carbonyl (C=O) groups is 1. The lowest BCUT2D eigenvalue weighted by molar-refractivity contribution is 0.242. The number of urea groups is 1. The van der Waals surface area contributed by atoms with Gasteiger partial charge in [-0.15, -0.1) is 17.8 Å². The van der Waals surface area contributed by atoms with Gasteiger partial charge < -0.3 is 10.6 Å². The summed E-state index contributed by atoms with van der Waals surface area (Å²) in [6.45, 7) is 0.810. The number of rotatable bonds is 3. The highest BCUT2D eigenvalue weighted by Crippen LogP contribution is 2.06. The van der Waals surface area contributed by atoms with Crippen LogP contribution in [0, 0.1) is 12.3 Å². The molecular formula is C9H10N2OS. The maximum atomic E-state index is 11.0. The lowest BCUT2D eigenvalue weighted by Gasteiger charge is -2.02. The molecular weight excluding hydrogens is 184 g/mol.